The van der Waals surface area contributed by atoms with Crippen LogP contribution in [0.25, 0.3) is 10.9 Å². The molecule has 0 bridgehead atoms. The molecule has 2 fully saturated rings. The number of H-pyrrole nitrogens is 1. The molecule has 0 amide bonds. The zero-order valence-corrected chi connectivity index (χ0v) is 19.7. The predicted molar refractivity (Wildman–Crippen MR) is 132 cm³/mol. The van der Waals surface area contributed by atoms with Gasteiger partial charge in [0.2, 0.25) is 0 Å². The van der Waals surface area contributed by atoms with Gasteiger partial charge in [-0.05, 0) is 74.3 Å². The van der Waals surface area contributed by atoms with Crippen molar-refractivity contribution in [2.24, 2.45) is 28.5 Å². The molecule has 6 atom stereocenters. The molecule has 7 heteroatoms. The normalized spacial score (nSPS) is 34.8. The second-order valence-electron chi connectivity index (χ2n) is 10.3. The van der Waals surface area contributed by atoms with Crippen LogP contribution in [0.1, 0.15) is 44.7 Å². The molecule has 7 nitrogen and oxygen atoms in total. The van der Waals surface area contributed by atoms with Gasteiger partial charge in [0, 0.05) is 31.2 Å². The van der Waals surface area contributed by atoms with E-state index in [4.69, 9.17) is 5.73 Å². The van der Waals surface area contributed by atoms with Crippen LogP contribution < -0.4 is 11.1 Å². The Balaban J connectivity index is 1.53. The van der Waals surface area contributed by atoms with Gasteiger partial charge in [-0.15, -0.1) is 0 Å². The third-order valence-corrected chi connectivity index (χ3v) is 8.17. The lowest BCUT2D eigenvalue weighted by atomic mass is 9.73. The SMILES string of the molecule is C=C(Cc1cc2ccccc2[nH]1)C1CCC(C)(O)C2CC(O)C(O)(CCNC(N)=NC)C2C1. The number of aliphatic imine (C=N–C) groups is 1. The van der Waals surface area contributed by atoms with Gasteiger partial charge >= 0.3 is 0 Å². The average Bonchev–Trinajstić information content (AvgIpc) is 3.25. The van der Waals surface area contributed by atoms with Gasteiger partial charge in [-0.3, -0.25) is 4.99 Å². The van der Waals surface area contributed by atoms with Crippen molar-refractivity contribution in [3.05, 3.63) is 48.2 Å². The first-order valence-corrected chi connectivity index (χ1v) is 12.0. The van der Waals surface area contributed by atoms with E-state index in [0.717, 1.165) is 29.6 Å². The molecule has 33 heavy (non-hydrogen) atoms. The van der Waals surface area contributed by atoms with Gasteiger partial charge in [0.15, 0.2) is 5.96 Å². The molecule has 0 saturated heterocycles. The molecule has 2 aliphatic carbocycles. The second kappa shape index (κ2) is 9.12. The Hall–Kier alpha value is -2.35. The number of hydrogen-bond donors (Lipinski definition) is 6. The highest BCUT2D eigenvalue weighted by molar-refractivity contribution is 5.80. The van der Waals surface area contributed by atoms with E-state index in [2.05, 4.69) is 40.1 Å². The first-order valence-electron chi connectivity index (χ1n) is 12.0. The molecule has 2 aromatic rings. The minimum absolute atomic E-state index is 0.157. The number of nitrogens with zero attached hydrogens (tertiary/aromatic N) is 1. The maximum atomic E-state index is 11.7. The summed E-state index contributed by atoms with van der Waals surface area (Å²) in [6.45, 7) is 6.68. The molecule has 0 radical (unpaired) electrons. The van der Waals surface area contributed by atoms with Crippen LogP contribution >= 0.6 is 0 Å². The maximum absolute atomic E-state index is 11.7. The quantitative estimate of drug-likeness (QED) is 0.227. The van der Waals surface area contributed by atoms with Crippen LogP contribution in [0.5, 0.6) is 0 Å². The van der Waals surface area contributed by atoms with E-state index < -0.39 is 17.3 Å². The maximum Gasteiger partial charge on any atom is 0.188 e. The summed E-state index contributed by atoms with van der Waals surface area (Å²) in [5.74, 6) is 0.0710. The molecule has 2 aliphatic rings. The topological polar surface area (TPSA) is 127 Å². The summed E-state index contributed by atoms with van der Waals surface area (Å²) in [4.78, 5) is 7.37. The number of hydrogen-bond acceptors (Lipinski definition) is 4. The lowest BCUT2D eigenvalue weighted by Gasteiger charge is -2.38. The van der Waals surface area contributed by atoms with Crippen molar-refractivity contribution in [2.45, 2.75) is 62.8 Å². The Morgan fingerprint density at radius 3 is 2.76 bits per heavy atom. The summed E-state index contributed by atoms with van der Waals surface area (Å²) in [5.41, 5.74) is 6.84. The molecular formula is C26H38N4O3. The monoisotopic (exact) mass is 454 g/mol. The van der Waals surface area contributed by atoms with E-state index >= 15 is 0 Å². The fourth-order valence-corrected chi connectivity index (χ4v) is 6.15. The van der Waals surface area contributed by atoms with E-state index in [1.165, 1.54) is 5.39 Å². The highest BCUT2D eigenvalue weighted by Crippen LogP contribution is 2.54. The third-order valence-electron chi connectivity index (χ3n) is 8.17. The highest BCUT2D eigenvalue weighted by Gasteiger charge is 2.59. The minimum atomic E-state index is -1.29. The molecule has 0 spiro atoms. The van der Waals surface area contributed by atoms with Crippen LogP contribution in [0, 0.1) is 17.8 Å². The van der Waals surface area contributed by atoms with E-state index in [1.807, 2.05) is 19.1 Å². The van der Waals surface area contributed by atoms with Gasteiger partial charge in [-0.25, -0.2) is 0 Å². The number of nitrogens with one attached hydrogen (secondary N) is 2. The number of rotatable bonds is 6. The Morgan fingerprint density at radius 1 is 1.27 bits per heavy atom. The van der Waals surface area contributed by atoms with Crippen molar-refractivity contribution in [1.29, 1.82) is 0 Å². The van der Waals surface area contributed by atoms with Crippen LogP contribution in [0.3, 0.4) is 0 Å². The lowest BCUT2D eigenvalue weighted by Crippen LogP contribution is -2.48. The van der Waals surface area contributed by atoms with Crippen LogP contribution in [0.15, 0.2) is 47.5 Å². The zero-order valence-electron chi connectivity index (χ0n) is 19.7. The molecule has 6 unspecified atom stereocenters. The molecule has 180 valence electrons. The van der Waals surface area contributed by atoms with Gasteiger partial charge in [-0.1, -0.05) is 30.4 Å². The summed E-state index contributed by atoms with van der Waals surface area (Å²) in [5, 5.41) is 38.0. The fourth-order valence-electron chi connectivity index (χ4n) is 6.15. The van der Waals surface area contributed by atoms with Crippen molar-refractivity contribution in [2.75, 3.05) is 13.6 Å². The molecule has 0 aliphatic heterocycles. The van der Waals surface area contributed by atoms with Crippen LogP contribution in [-0.2, 0) is 6.42 Å². The van der Waals surface area contributed by atoms with E-state index in [-0.39, 0.29) is 17.8 Å². The van der Waals surface area contributed by atoms with E-state index in [0.29, 0.717) is 38.2 Å². The van der Waals surface area contributed by atoms with Crippen molar-refractivity contribution >= 4 is 16.9 Å². The summed E-state index contributed by atoms with van der Waals surface area (Å²) in [7, 11) is 1.60. The Kier molecular flexibility index (Phi) is 6.58. The minimum Gasteiger partial charge on any atom is -0.390 e. The molecule has 1 aromatic heterocycles. The lowest BCUT2D eigenvalue weighted by molar-refractivity contribution is -0.0997. The van der Waals surface area contributed by atoms with Crippen molar-refractivity contribution < 1.29 is 15.3 Å². The number of benzene rings is 1. The number of nitrogens with two attached hydrogens (primary N) is 1. The fraction of sp³-hybridized carbons (Fsp3) is 0.577. The molecule has 4 rings (SSSR count). The predicted octanol–water partition coefficient (Wildman–Crippen LogP) is 2.47. The number of aromatic nitrogens is 1. The third kappa shape index (κ3) is 4.67. The number of aliphatic hydroxyl groups excluding tert-OH is 1. The molecule has 1 heterocycles. The Labute approximate surface area is 195 Å². The number of allylic oxidation sites excluding steroid dienone is 1. The second-order valence-corrected chi connectivity index (χ2v) is 10.3. The summed E-state index contributed by atoms with van der Waals surface area (Å²) < 4.78 is 0. The number of aliphatic hydroxyl groups is 3. The average molecular weight is 455 g/mol. The Bertz CT molecular complexity index is 996. The van der Waals surface area contributed by atoms with Crippen LogP contribution in [0.2, 0.25) is 0 Å². The first-order chi connectivity index (χ1) is 15.6. The summed E-state index contributed by atoms with van der Waals surface area (Å²) >= 11 is 0. The molecule has 2 saturated carbocycles. The van der Waals surface area contributed by atoms with Gasteiger partial charge in [0.1, 0.15) is 0 Å². The molecule has 7 N–H and O–H groups in total. The van der Waals surface area contributed by atoms with Crippen molar-refractivity contribution in [3.8, 4) is 0 Å². The largest absolute Gasteiger partial charge is 0.390 e. The van der Waals surface area contributed by atoms with Crippen molar-refractivity contribution in [1.82, 2.24) is 10.3 Å². The van der Waals surface area contributed by atoms with Gasteiger partial charge in [0.05, 0.1) is 17.3 Å². The van der Waals surface area contributed by atoms with E-state index in [1.54, 1.807) is 7.05 Å². The number of aromatic amines is 1. The van der Waals surface area contributed by atoms with Gasteiger partial charge in [-0.2, -0.15) is 0 Å². The standard InChI is InChI=1S/C26H38N4O3/c1-16(12-19-13-18-6-4-5-7-22(18)30-19)17-8-9-25(2,32)20-15-23(31)26(33,21(20)14-17)10-11-29-24(27)28-3/h4-7,13,17,20-21,23,30-33H,1,8-12,14-15H2,2-3H3,(H3,27,28,29). The smallest absolute Gasteiger partial charge is 0.188 e. The van der Waals surface area contributed by atoms with Crippen molar-refractivity contribution in [3.63, 3.8) is 0 Å². The molecule has 1 aromatic carbocycles. The highest BCUT2D eigenvalue weighted by atomic mass is 16.3. The molecular weight excluding hydrogens is 416 g/mol. The first kappa shape index (κ1) is 23.8. The van der Waals surface area contributed by atoms with Gasteiger partial charge < -0.3 is 31.4 Å². The summed E-state index contributed by atoms with van der Waals surface area (Å²) in [6, 6.07) is 10.4. The van der Waals surface area contributed by atoms with Crippen LogP contribution in [-0.4, -0.2) is 57.2 Å². The number of fused-ring (bicyclic) bond motifs is 2. The number of guanidine groups is 1. The summed E-state index contributed by atoms with van der Waals surface area (Å²) in [6.07, 6.45) is 2.71. The van der Waals surface area contributed by atoms with Crippen LogP contribution in [0.4, 0.5) is 0 Å². The Morgan fingerprint density at radius 2 is 2.03 bits per heavy atom. The van der Waals surface area contributed by atoms with Gasteiger partial charge in [0.25, 0.3) is 0 Å². The van der Waals surface area contributed by atoms with E-state index in [9.17, 15) is 15.3 Å². The number of para-hydroxylation sites is 1. The zero-order chi connectivity index (χ0) is 23.8.